The molecule has 9 aromatic rings. The van der Waals surface area contributed by atoms with Crippen LogP contribution in [0.1, 0.15) is 0 Å². The first-order valence-electron chi connectivity index (χ1n) is 16.4. The lowest BCUT2D eigenvalue weighted by Gasteiger charge is -2.11. The number of aromatic nitrogens is 3. The van der Waals surface area contributed by atoms with Gasteiger partial charge in [-0.25, -0.2) is 15.0 Å². The fourth-order valence-corrected chi connectivity index (χ4v) is 6.49. The average Bonchev–Trinajstić information content (AvgIpc) is 3.58. The van der Waals surface area contributed by atoms with E-state index in [9.17, 15) is 0 Å². The highest BCUT2D eigenvalue weighted by atomic mass is 16.3. The zero-order valence-electron chi connectivity index (χ0n) is 26.5. The van der Waals surface area contributed by atoms with Gasteiger partial charge in [-0.1, -0.05) is 146 Å². The lowest BCUT2D eigenvalue weighted by atomic mass is 9.98. The second-order valence-electron chi connectivity index (χ2n) is 12.1. The highest BCUT2D eigenvalue weighted by molar-refractivity contribution is 6.09. The Kier molecular flexibility index (Phi) is 7.10. The van der Waals surface area contributed by atoms with E-state index in [0.717, 1.165) is 60.9 Å². The van der Waals surface area contributed by atoms with Crippen LogP contribution in [0.5, 0.6) is 0 Å². The molecule has 9 rings (SSSR count). The maximum atomic E-state index is 6.43. The number of nitrogens with zero attached hydrogens (tertiary/aromatic N) is 3. The number of para-hydroxylation sites is 2. The molecule has 0 unspecified atom stereocenters. The number of benzene rings is 7. The number of fused-ring (bicyclic) bond motifs is 3. The van der Waals surface area contributed by atoms with Crippen LogP contribution in [-0.4, -0.2) is 15.0 Å². The van der Waals surface area contributed by atoms with Gasteiger partial charge in [0.25, 0.3) is 0 Å². The summed E-state index contributed by atoms with van der Waals surface area (Å²) in [5.74, 6) is 1.76. The van der Waals surface area contributed by atoms with Gasteiger partial charge >= 0.3 is 0 Å². The first-order valence-corrected chi connectivity index (χ1v) is 16.4. The quantitative estimate of drug-likeness (QED) is 0.184. The monoisotopic (exact) mass is 627 g/mol. The first kappa shape index (κ1) is 28.6. The normalized spacial score (nSPS) is 11.3. The van der Waals surface area contributed by atoms with Crippen molar-refractivity contribution in [2.45, 2.75) is 0 Å². The van der Waals surface area contributed by atoms with Crippen molar-refractivity contribution >= 4 is 21.9 Å². The SMILES string of the molecule is c1ccc(-c2cccc(-c3cccc(-c4nc(-c5cccc(-c6ccccc6)c5)nc(-c5cccc6c5oc5ccccc56)n4)c3)c2)cc1. The lowest BCUT2D eigenvalue weighted by Crippen LogP contribution is -2.00. The van der Waals surface area contributed by atoms with Crippen molar-refractivity contribution in [2.75, 3.05) is 0 Å². The van der Waals surface area contributed by atoms with Crippen molar-refractivity contribution in [1.29, 1.82) is 0 Å². The van der Waals surface area contributed by atoms with E-state index in [-0.39, 0.29) is 0 Å². The fourth-order valence-electron chi connectivity index (χ4n) is 6.49. The Morgan fingerprint density at radius 3 is 1.31 bits per heavy atom. The Hall–Kier alpha value is -6.65. The summed E-state index contributed by atoms with van der Waals surface area (Å²) in [5.41, 5.74) is 11.0. The van der Waals surface area contributed by atoms with Gasteiger partial charge in [-0.05, 0) is 63.7 Å². The van der Waals surface area contributed by atoms with Crippen molar-refractivity contribution in [3.05, 3.63) is 176 Å². The Balaban J connectivity index is 1.21. The summed E-state index contributed by atoms with van der Waals surface area (Å²) >= 11 is 0. The van der Waals surface area contributed by atoms with Crippen LogP contribution in [0.25, 0.3) is 89.5 Å². The molecule has 0 bridgehead atoms. The first-order chi connectivity index (χ1) is 24.3. The third-order valence-corrected chi connectivity index (χ3v) is 8.93. The minimum atomic E-state index is 0.561. The molecule has 0 fully saturated rings. The van der Waals surface area contributed by atoms with Gasteiger partial charge in [0.05, 0.1) is 5.56 Å². The van der Waals surface area contributed by atoms with Gasteiger partial charge in [0.2, 0.25) is 0 Å². The summed E-state index contributed by atoms with van der Waals surface area (Å²) in [6.07, 6.45) is 0. The molecular weight excluding hydrogens is 599 g/mol. The van der Waals surface area contributed by atoms with E-state index in [0.29, 0.717) is 17.5 Å². The summed E-state index contributed by atoms with van der Waals surface area (Å²) < 4.78 is 6.43. The van der Waals surface area contributed by atoms with Crippen LogP contribution in [-0.2, 0) is 0 Å². The maximum Gasteiger partial charge on any atom is 0.167 e. The topological polar surface area (TPSA) is 51.8 Å². The molecule has 0 aliphatic rings. The molecule has 4 heteroatoms. The second kappa shape index (κ2) is 12.2. The second-order valence-corrected chi connectivity index (χ2v) is 12.1. The molecule has 0 spiro atoms. The van der Waals surface area contributed by atoms with Gasteiger partial charge in [-0.15, -0.1) is 0 Å². The molecule has 2 aromatic heterocycles. The molecule has 0 N–H and O–H groups in total. The zero-order chi connectivity index (χ0) is 32.6. The summed E-state index contributed by atoms with van der Waals surface area (Å²) in [5, 5.41) is 2.10. The predicted molar refractivity (Wildman–Crippen MR) is 200 cm³/mol. The van der Waals surface area contributed by atoms with E-state index in [1.54, 1.807) is 0 Å². The van der Waals surface area contributed by atoms with Crippen LogP contribution in [0, 0.1) is 0 Å². The maximum absolute atomic E-state index is 6.43. The largest absolute Gasteiger partial charge is 0.455 e. The van der Waals surface area contributed by atoms with Gasteiger partial charge in [-0.3, -0.25) is 0 Å². The van der Waals surface area contributed by atoms with E-state index in [1.165, 1.54) is 11.1 Å². The van der Waals surface area contributed by atoms with E-state index in [1.807, 2.05) is 42.5 Å². The van der Waals surface area contributed by atoms with Crippen LogP contribution in [0.15, 0.2) is 180 Å². The van der Waals surface area contributed by atoms with Crippen molar-refractivity contribution < 1.29 is 4.42 Å². The summed E-state index contributed by atoms with van der Waals surface area (Å²) in [7, 11) is 0. The highest BCUT2D eigenvalue weighted by Crippen LogP contribution is 2.36. The van der Waals surface area contributed by atoms with Crippen LogP contribution >= 0.6 is 0 Å². The number of hydrogen-bond donors (Lipinski definition) is 0. The third kappa shape index (κ3) is 5.45. The molecule has 4 nitrogen and oxygen atoms in total. The van der Waals surface area contributed by atoms with Crippen LogP contribution in [0.2, 0.25) is 0 Å². The molecule has 0 aliphatic heterocycles. The number of furan rings is 1. The van der Waals surface area contributed by atoms with Gasteiger partial charge in [0.1, 0.15) is 11.2 Å². The van der Waals surface area contributed by atoms with Gasteiger partial charge in [-0.2, -0.15) is 0 Å². The van der Waals surface area contributed by atoms with Crippen molar-refractivity contribution in [3.63, 3.8) is 0 Å². The third-order valence-electron chi connectivity index (χ3n) is 8.93. The molecule has 0 saturated heterocycles. The predicted octanol–water partition coefficient (Wildman–Crippen LogP) is 11.8. The van der Waals surface area contributed by atoms with E-state index in [4.69, 9.17) is 19.4 Å². The molecule has 230 valence electrons. The molecule has 7 aromatic carbocycles. The minimum absolute atomic E-state index is 0.561. The molecular formula is C45H29N3O. The molecule has 2 heterocycles. The fraction of sp³-hybridized carbons (Fsp3) is 0. The van der Waals surface area contributed by atoms with Crippen LogP contribution < -0.4 is 0 Å². The van der Waals surface area contributed by atoms with E-state index in [2.05, 4.69) is 133 Å². The standard InChI is InChI=1S/C45H29N3O/c1-3-13-30(14-4-1)32-17-9-19-34(27-32)35-20-11-22-37(29-35)44-46-43(36-21-10-18-33(28-36)31-15-5-2-6-16-31)47-45(48-44)40-25-12-24-39-38-23-7-8-26-41(38)49-42(39)40/h1-29H. The molecule has 0 atom stereocenters. The van der Waals surface area contributed by atoms with E-state index >= 15 is 0 Å². The van der Waals surface area contributed by atoms with Gasteiger partial charge in [0.15, 0.2) is 17.5 Å². The van der Waals surface area contributed by atoms with Crippen molar-refractivity contribution in [2.24, 2.45) is 0 Å². The van der Waals surface area contributed by atoms with Crippen molar-refractivity contribution in [1.82, 2.24) is 15.0 Å². The number of rotatable bonds is 6. The van der Waals surface area contributed by atoms with Gasteiger partial charge in [0, 0.05) is 21.9 Å². The smallest absolute Gasteiger partial charge is 0.167 e. The Morgan fingerprint density at radius 1 is 0.306 bits per heavy atom. The van der Waals surface area contributed by atoms with E-state index < -0.39 is 0 Å². The van der Waals surface area contributed by atoms with Crippen molar-refractivity contribution in [3.8, 4) is 67.5 Å². The Bertz CT molecular complexity index is 2610. The lowest BCUT2D eigenvalue weighted by molar-refractivity contribution is 0.669. The minimum Gasteiger partial charge on any atom is -0.455 e. The average molecular weight is 628 g/mol. The molecule has 0 saturated carbocycles. The van der Waals surface area contributed by atoms with Crippen LogP contribution in [0.4, 0.5) is 0 Å². The number of hydrogen-bond acceptors (Lipinski definition) is 4. The zero-order valence-corrected chi connectivity index (χ0v) is 26.5. The summed E-state index contributed by atoms with van der Waals surface area (Å²) in [6.45, 7) is 0. The molecule has 49 heavy (non-hydrogen) atoms. The summed E-state index contributed by atoms with van der Waals surface area (Å²) in [6, 6.07) is 60.5. The molecule has 0 amide bonds. The summed E-state index contributed by atoms with van der Waals surface area (Å²) in [4.78, 5) is 15.3. The molecule has 0 aliphatic carbocycles. The molecule has 0 radical (unpaired) electrons. The Morgan fingerprint density at radius 2 is 0.714 bits per heavy atom. The van der Waals surface area contributed by atoms with Crippen LogP contribution in [0.3, 0.4) is 0 Å². The Labute approximate surface area is 284 Å². The highest BCUT2D eigenvalue weighted by Gasteiger charge is 2.18. The van der Waals surface area contributed by atoms with Gasteiger partial charge < -0.3 is 4.42 Å².